The van der Waals surface area contributed by atoms with E-state index in [1.807, 2.05) is 0 Å². The van der Waals surface area contributed by atoms with Gasteiger partial charge >= 0.3 is 116 Å². The van der Waals surface area contributed by atoms with Crippen molar-refractivity contribution in [2.24, 2.45) is 0 Å². The van der Waals surface area contributed by atoms with Gasteiger partial charge in [-0.15, -0.1) is 0 Å². The van der Waals surface area contributed by atoms with Crippen molar-refractivity contribution < 1.29 is 47.6 Å². The molecule has 1 atom stereocenters. The van der Waals surface area contributed by atoms with Gasteiger partial charge in [0.15, 0.2) is 0 Å². The number of carbonyl (C=O) groups is 1. The van der Waals surface area contributed by atoms with Crippen LogP contribution in [-0.2, 0) is 4.79 Å². The maximum absolute atomic E-state index is 10.4. The fourth-order valence-electron chi connectivity index (χ4n) is 0.203. The van der Waals surface area contributed by atoms with Crippen LogP contribution >= 0.6 is 0 Å². The first-order chi connectivity index (χ1) is 3.18. The third kappa shape index (κ3) is 5.35. The first-order valence-electron chi connectivity index (χ1n) is 2.36. The van der Waals surface area contributed by atoms with Crippen LogP contribution in [-0.4, -0.2) is 62.9 Å². The fourth-order valence-corrected chi connectivity index (χ4v) is 1.20. The molecule has 1 unspecified atom stereocenters. The van der Waals surface area contributed by atoms with Crippen molar-refractivity contribution in [2.75, 3.05) is 0 Å². The third-order valence-corrected chi connectivity index (χ3v) is 20.6. The van der Waals surface area contributed by atoms with Crippen molar-refractivity contribution in [1.29, 1.82) is 0 Å². The van der Waals surface area contributed by atoms with Crippen LogP contribution in [0.5, 0.6) is 0 Å². The van der Waals surface area contributed by atoms with Crippen LogP contribution in [0.1, 0.15) is 6.92 Å². The summed E-state index contributed by atoms with van der Waals surface area (Å²) in [6.07, 6.45) is 0. The Morgan fingerprint density at radius 1 is 2.00 bits per heavy atom. The second-order valence-corrected chi connectivity index (χ2v) is 7.79. The molecular weight excluding hydrogens is 378 g/mol. The normalized spacial score (nSPS) is 13.4. The van der Waals surface area contributed by atoms with Crippen molar-refractivity contribution in [3.8, 4) is 0 Å². The van der Waals surface area contributed by atoms with Gasteiger partial charge in [0, 0.05) is 0 Å². The molecule has 0 radical (unpaired) electrons. The topological polar surface area (TPSA) is 29.1 Å². The van der Waals surface area contributed by atoms with E-state index in [4.69, 9.17) is 0 Å². The zero-order valence-corrected chi connectivity index (χ0v) is 18.1. The molecule has 1 N–H and O–H groups in total. The summed E-state index contributed by atoms with van der Waals surface area (Å²) in [7, 11) is 0. The predicted octanol–water partition coefficient (Wildman–Crippen LogP) is -1.14. The minimum atomic E-state index is 0.337. The van der Waals surface area contributed by atoms with Gasteiger partial charge < -0.3 is 0 Å². The SMILES string of the molecule is CC(=O)[CH]([RaH])[NH][Rb]. The van der Waals surface area contributed by atoms with Gasteiger partial charge in [0.25, 0.3) is 0 Å². The molecule has 0 aliphatic heterocycles. The number of Topliss-reactive ketones (excluding diaryl/α,β-unsaturated/α-hetero) is 1. The third-order valence-electron chi connectivity index (χ3n) is 1.04. The van der Waals surface area contributed by atoms with E-state index in [9.17, 15) is 4.79 Å². The van der Waals surface area contributed by atoms with Gasteiger partial charge in [0.05, 0.1) is 0 Å². The molecule has 0 bridgehead atoms. The molecule has 2 nitrogen and oxygen atoms in total. The number of hydrogen-bond donors (Lipinski definition) is 1. The van der Waals surface area contributed by atoms with E-state index in [0.717, 1.165) is 0 Å². The van der Waals surface area contributed by atoms with Gasteiger partial charge in [-0.25, -0.2) is 0 Å². The molecule has 4 heteroatoms. The molecule has 0 saturated heterocycles. The van der Waals surface area contributed by atoms with Crippen LogP contribution in [0.3, 0.4) is 0 Å². The zero-order valence-electron chi connectivity index (χ0n) is 4.99. The Kier molecular flexibility index (Phi) is 8.02. The Bertz CT molecular complexity index is 77.3. The first kappa shape index (κ1) is 9.90. The second kappa shape index (κ2) is 5.67. The minimum absolute atomic E-state index is 0.337. The molecule has 7 heavy (non-hydrogen) atoms. The van der Waals surface area contributed by atoms with Gasteiger partial charge in [-0.2, -0.15) is 0 Å². The molecule has 0 heterocycles. The molecule has 0 amide bonds. The molecule has 0 aromatic carbocycles. The second-order valence-electron chi connectivity index (χ2n) is 1.62. The van der Waals surface area contributed by atoms with Gasteiger partial charge in [-0.3, -0.25) is 0 Å². The van der Waals surface area contributed by atoms with E-state index in [1.54, 1.807) is 6.92 Å². The van der Waals surface area contributed by atoms with E-state index < -0.39 is 0 Å². The van der Waals surface area contributed by atoms with Crippen molar-refractivity contribution in [3.63, 3.8) is 0 Å². The van der Waals surface area contributed by atoms with Crippen molar-refractivity contribution in [1.82, 2.24) is -0.939 Å². The van der Waals surface area contributed by atoms with Crippen molar-refractivity contribution in [2.45, 2.75) is 8.01 Å². The van der Waals surface area contributed by atoms with Crippen molar-refractivity contribution >= 4 is 61.8 Å². The predicted molar refractivity (Wildman–Crippen MR) is 24.8 cm³/mol. The van der Waals surface area contributed by atoms with E-state index in [2.05, 4.69) is -0.939 Å². The number of carbonyl (C=O) groups excluding carboxylic acids is 1. The van der Waals surface area contributed by atoms with E-state index in [0.29, 0.717) is 106 Å². The number of hydrogen-bond acceptors (Lipinski definition) is 2. The molecule has 0 aromatic heterocycles. The summed E-state index contributed by atoms with van der Waals surface area (Å²) in [6, 6.07) is 0. The molecule has 0 aliphatic rings. The zero-order chi connectivity index (χ0) is 5.86. The first-order valence-corrected chi connectivity index (χ1v) is 9.56. The Hall–Kier alpha value is 2.90. The van der Waals surface area contributed by atoms with Gasteiger partial charge in [0.1, 0.15) is 0 Å². The molecule has 32 valence electrons. The summed E-state index contributed by atoms with van der Waals surface area (Å²) >= 11 is 0.876. The Balaban J connectivity index is 3.34. The Morgan fingerprint density at radius 3 is 2.43 bits per heavy atom. The summed E-state index contributed by atoms with van der Waals surface area (Å²) in [6.45, 7) is 1.66. The fraction of sp³-hybridized carbons (Fsp3) is 0.667. The molecule has 0 fully saturated rings. The number of nitrogens with one attached hydrogen (secondary N) is 1. The van der Waals surface area contributed by atoms with E-state index >= 15 is 0 Å². The molecule has 0 aliphatic carbocycles. The average Bonchev–Trinajstić information content (AvgIpc) is 1.65. The van der Waals surface area contributed by atoms with Crippen LogP contribution in [0.2, 0.25) is 0 Å². The Labute approximate surface area is 113 Å². The van der Waals surface area contributed by atoms with E-state index in [-0.39, 0.29) is 0 Å². The molecule has 0 aromatic rings. The summed E-state index contributed by atoms with van der Waals surface area (Å²) in [5.74, 6) is 0.337. The molecule has 0 spiro atoms. The standard InChI is InChI=1S/C3H5NO.Ra.Rb.H/c1-3(5)2-4;;;/h2,4H,1H3;;;/q-1;;+1;. The van der Waals surface area contributed by atoms with Gasteiger partial charge in [-0.05, 0) is 0 Å². The molecular formula is C3H6NORaRb. The quantitative estimate of drug-likeness (QED) is 0.653. The number of ketones is 1. The summed E-state index contributed by atoms with van der Waals surface area (Å²) in [4.78, 5) is 10.4. The molecule has 0 saturated carbocycles. The van der Waals surface area contributed by atoms with Crippen LogP contribution < -0.4 is -0.939 Å². The number of rotatable bonds is 2. The van der Waals surface area contributed by atoms with Crippen molar-refractivity contribution in [3.05, 3.63) is 0 Å². The molecule has 0 rings (SSSR count). The van der Waals surface area contributed by atoms with Crippen LogP contribution in [0.25, 0.3) is 0 Å². The van der Waals surface area contributed by atoms with Gasteiger partial charge in [-0.1, -0.05) is 0 Å². The van der Waals surface area contributed by atoms with Gasteiger partial charge in [0.2, 0.25) is 0 Å². The summed E-state index contributed by atoms with van der Waals surface area (Å²) in [5.41, 5.74) is 0. The van der Waals surface area contributed by atoms with Crippen LogP contribution in [0.15, 0.2) is 0 Å². The Morgan fingerprint density at radius 2 is 2.43 bits per heavy atom. The van der Waals surface area contributed by atoms with E-state index in [1.165, 1.54) is 0 Å². The van der Waals surface area contributed by atoms with Crippen LogP contribution in [0.4, 0.5) is 0 Å². The summed E-state index contributed by atoms with van der Waals surface area (Å²) in [5, 5.41) is 0. The summed E-state index contributed by atoms with van der Waals surface area (Å²) < 4.78 is 3.46. The monoisotopic (exact) mass is 383 g/mol. The maximum atomic E-state index is 10.4. The van der Waals surface area contributed by atoms with Crippen LogP contribution in [0, 0.1) is 42.8 Å². The average molecular weight is 384 g/mol.